The second-order valence-corrected chi connectivity index (χ2v) is 10.9. The first-order chi connectivity index (χ1) is 22.6. The van der Waals surface area contributed by atoms with Crippen LogP contribution in [0.5, 0.6) is 5.75 Å². The van der Waals surface area contributed by atoms with Gasteiger partial charge in [-0.15, -0.1) is 0 Å². The molecule has 1 amide bonds. The minimum absolute atomic E-state index is 0.119. The van der Waals surface area contributed by atoms with E-state index in [0.29, 0.717) is 53.0 Å². The van der Waals surface area contributed by atoms with Crippen LogP contribution in [0.2, 0.25) is 0 Å². The van der Waals surface area contributed by atoms with E-state index in [0.717, 1.165) is 27.6 Å². The zero-order valence-electron chi connectivity index (χ0n) is 24.8. The van der Waals surface area contributed by atoms with Gasteiger partial charge < -0.3 is 20.1 Å². The number of para-hydroxylation sites is 3. The molecule has 0 bridgehead atoms. The smallest absolute Gasteiger partial charge is 0.352 e. The van der Waals surface area contributed by atoms with E-state index >= 15 is 0 Å². The van der Waals surface area contributed by atoms with Gasteiger partial charge in [0, 0.05) is 22.0 Å². The van der Waals surface area contributed by atoms with Gasteiger partial charge in [-0.3, -0.25) is 4.79 Å². The van der Waals surface area contributed by atoms with Gasteiger partial charge in [-0.25, -0.2) is 9.48 Å². The van der Waals surface area contributed by atoms with Crippen LogP contribution in [-0.4, -0.2) is 38.4 Å². The lowest BCUT2D eigenvalue weighted by Gasteiger charge is -2.12. The maximum absolute atomic E-state index is 13.7. The highest BCUT2D eigenvalue weighted by molar-refractivity contribution is 6.11. The van der Waals surface area contributed by atoms with Crippen LogP contribution in [0, 0.1) is 0 Å². The number of aromatic carboxylic acids is 1. The molecular formula is C38H30N4O4. The Morgan fingerprint density at radius 1 is 0.804 bits per heavy atom. The minimum Gasteiger partial charge on any atom is -0.493 e. The molecule has 2 aromatic heterocycles. The second-order valence-electron chi connectivity index (χ2n) is 10.9. The number of benzene rings is 5. The highest BCUT2D eigenvalue weighted by Crippen LogP contribution is 2.36. The molecule has 226 valence electrons. The highest BCUT2D eigenvalue weighted by atomic mass is 16.5. The number of carbonyl (C=O) groups excluding carboxylic acids is 1. The summed E-state index contributed by atoms with van der Waals surface area (Å²) in [6.45, 7) is 0.421. The van der Waals surface area contributed by atoms with Gasteiger partial charge in [0.2, 0.25) is 0 Å². The topological polar surface area (TPSA) is 109 Å². The number of hydrogen-bond acceptors (Lipinski definition) is 4. The van der Waals surface area contributed by atoms with Crippen molar-refractivity contribution in [3.63, 3.8) is 0 Å². The van der Waals surface area contributed by atoms with Gasteiger partial charge in [0.1, 0.15) is 11.4 Å². The lowest BCUT2D eigenvalue weighted by atomic mass is 10.0. The summed E-state index contributed by atoms with van der Waals surface area (Å²) in [6, 6.07) is 38.5. The molecule has 8 nitrogen and oxygen atoms in total. The Balaban J connectivity index is 1.25. The van der Waals surface area contributed by atoms with E-state index in [1.807, 2.05) is 121 Å². The largest absolute Gasteiger partial charge is 0.493 e. The Bertz CT molecular complexity index is 2180. The number of amides is 1. The number of carbonyl (C=O) groups is 2. The van der Waals surface area contributed by atoms with Crippen LogP contribution in [-0.2, 0) is 6.42 Å². The first-order valence-electron chi connectivity index (χ1n) is 15.1. The van der Waals surface area contributed by atoms with Crippen molar-refractivity contribution in [2.24, 2.45) is 0 Å². The molecule has 0 aliphatic rings. The molecule has 0 fully saturated rings. The number of fused-ring (bicyclic) bond motifs is 2. The van der Waals surface area contributed by atoms with Crippen molar-refractivity contribution < 1.29 is 19.4 Å². The Labute approximate surface area is 264 Å². The first kappa shape index (κ1) is 28.6. The van der Waals surface area contributed by atoms with Crippen LogP contribution in [0.15, 0.2) is 128 Å². The number of aromatic nitrogens is 3. The fourth-order valence-corrected chi connectivity index (χ4v) is 5.92. The van der Waals surface area contributed by atoms with Crippen LogP contribution in [0.25, 0.3) is 38.6 Å². The Hall–Kier alpha value is -6.15. The minimum atomic E-state index is -1.05. The van der Waals surface area contributed by atoms with Gasteiger partial charge in [0.25, 0.3) is 5.91 Å². The number of aryl methyl sites for hydroxylation is 1. The summed E-state index contributed by atoms with van der Waals surface area (Å²) in [5, 5.41) is 20.7. The molecule has 0 spiro atoms. The van der Waals surface area contributed by atoms with Crippen molar-refractivity contribution in [2.75, 3.05) is 11.9 Å². The lowest BCUT2D eigenvalue weighted by molar-refractivity contribution is 0.0690. The summed E-state index contributed by atoms with van der Waals surface area (Å²) in [5.74, 6) is -0.574. The number of H-pyrrole nitrogens is 1. The molecule has 8 heteroatoms. The SMILES string of the molecule is O=C(Nc1ccccc1)c1cnn(-c2ccccc2)c1-c1cccc2c(CCCOc3cccc4ccccc34)c(C(=O)O)[nH]c12. The van der Waals surface area contributed by atoms with Gasteiger partial charge in [0.15, 0.2) is 0 Å². The van der Waals surface area contributed by atoms with Crippen LogP contribution < -0.4 is 10.1 Å². The lowest BCUT2D eigenvalue weighted by Crippen LogP contribution is -2.13. The normalized spacial score (nSPS) is 11.1. The van der Waals surface area contributed by atoms with Crippen LogP contribution >= 0.6 is 0 Å². The molecule has 0 unspecified atom stereocenters. The molecule has 0 radical (unpaired) electrons. The maximum atomic E-state index is 13.7. The van der Waals surface area contributed by atoms with Crippen molar-refractivity contribution in [1.82, 2.24) is 14.8 Å². The van der Waals surface area contributed by atoms with Crippen molar-refractivity contribution in [1.29, 1.82) is 0 Å². The van der Waals surface area contributed by atoms with Gasteiger partial charge in [0.05, 0.1) is 35.3 Å². The number of hydrogen-bond donors (Lipinski definition) is 3. The molecule has 2 heterocycles. The van der Waals surface area contributed by atoms with E-state index in [-0.39, 0.29) is 11.6 Å². The van der Waals surface area contributed by atoms with Crippen molar-refractivity contribution in [3.05, 3.63) is 144 Å². The van der Waals surface area contributed by atoms with E-state index in [9.17, 15) is 14.7 Å². The standard InChI is InChI=1S/C38H30N4O4/c43-37(40-26-14-3-1-4-15-26)32-24-39-42(27-16-5-2-6-17-27)36(32)31-20-10-19-29-30(35(38(44)45)41-34(29)31)21-11-23-46-33-22-9-13-25-12-7-8-18-28(25)33/h1-10,12-20,22,24,41H,11,21,23H2,(H,40,43)(H,44,45). The Morgan fingerprint density at radius 3 is 2.30 bits per heavy atom. The number of carboxylic acids is 1. The van der Waals surface area contributed by atoms with E-state index in [1.54, 1.807) is 10.9 Å². The Morgan fingerprint density at radius 2 is 1.50 bits per heavy atom. The molecule has 7 aromatic rings. The number of anilines is 1. The van der Waals surface area contributed by atoms with Gasteiger partial charge in [-0.1, -0.05) is 91.0 Å². The van der Waals surface area contributed by atoms with E-state index in [2.05, 4.69) is 15.4 Å². The third kappa shape index (κ3) is 5.48. The van der Waals surface area contributed by atoms with Crippen LogP contribution in [0.1, 0.15) is 32.8 Å². The van der Waals surface area contributed by atoms with Crippen molar-refractivity contribution >= 4 is 39.2 Å². The molecule has 7 rings (SSSR count). The summed E-state index contributed by atoms with van der Waals surface area (Å²) in [7, 11) is 0. The predicted octanol–water partition coefficient (Wildman–Crippen LogP) is 8.14. The number of carboxylic acid groups (broad SMARTS) is 1. The van der Waals surface area contributed by atoms with Crippen molar-refractivity contribution in [2.45, 2.75) is 12.8 Å². The first-order valence-corrected chi connectivity index (χ1v) is 15.1. The number of ether oxygens (including phenoxy) is 1. The number of nitrogens with zero attached hydrogens (tertiary/aromatic N) is 2. The third-order valence-corrected chi connectivity index (χ3v) is 8.03. The van der Waals surface area contributed by atoms with E-state index in [1.165, 1.54) is 0 Å². The predicted molar refractivity (Wildman–Crippen MR) is 180 cm³/mol. The second kappa shape index (κ2) is 12.5. The zero-order valence-corrected chi connectivity index (χ0v) is 24.8. The Kier molecular flexibility index (Phi) is 7.75. The van der Waals surface area contributed by atoms with E-state index in [4.69, 9.17) is 4.74 Å². The zero-order chi connectivity index (χ0) is 31.5. The summed E-state index contributed by atoms with van der Waals surface area (Å²) >= 11 is 0. The number of aromatic amines is 1. The monoisotopic (exact) mass is 606 g/mol. The van der Waals surface area contributed by atoms with E-state index < -0.39 is 5.97 Å². The summed E-state index contributed by atoms with van der Waals surface area (Å²) in [6.07, 6.45) is 2.63. The van der Waals surface area contributed by atoms with Gasteiger partial charge >= 0.3 is 5.97 Å². The molecule has 5 aromatic carbocycles. The molecule has 0 aliphatic carbocycles. The molecule has 0 saturated heterocycles. The molecule has 0 atom stereocenters. The number of nitrogens with one attached hydrogen (secondary N) is 2. The average Bonchev–Trinajstić information content (AvgIpc) is 3.70. The molecule has 0 aliphatic heterocycles. The summed E-state index contributed by atoms with van der Waals surface area (Å²) < 4.78 is 7.87. The average molecular weight is 607 g/mol. The summed E-state index contributed by atoms with van der Waals surface area (Å²) in [4.78, 5) is 29.4. The number of rotatable bonds is 10. The van der Waals surface area contributed by atoms with Crippen LogP contribution in [0.4, 0.5) is 5.69 Å². The molecule has 3 N–H and O–H groups in total. The third-order valence-electron chi connectivity index (χ3n) is 8.03. The quantitative estimate of drug-likeness (QED) is 0.136. The fourth-order valence-electron chi connectivity index (χ4n) is 5.92. The molecular weight excluding hydrogens is 576 g/mol. The highest BCUT2D eigenvalue weighted by Gasteiger charge is 2.25. The van der Waals surface area contributed by atoms with Crippen LogP contribution in [0.3, 0.4) is 0 Å². The molecule has 46 heavy (non-hydrogen) atoms. The fraction of sp³-hybridized carbons (Fsp3) is 0.0789. The van der Waals surface area contributed by atoms with Gasteiger partial charge in [-0.05, 0) is 54.1 Å². The van der Waals surface area contributed by atoms with Gasteiger partial charge in [-0.2, -0.15) is 5.10 Å². The summed E-state index contributed by atoms with van der Waals surface area (Å²) in [5.41, 5.74) is 4.43. The maximum Gasteiger partial charge on any atom is 0.352 e. The van der Waals surface area contributed by atoms with Crippen molar-refractivity contribution in [3.8, 4) is 22.7 Å². The molecule has 0 saturated carbocycles.